The molecule has 0 radical (unpaired) electrons. The molecular formula is C14H22FN3O2S. The molecule has 1 saturated heterocycles. The maximum absolute atomic E-state index is 13.1. The van der Waals surface area contributed by atoms with Crippen LogP contribution in [0.25, 0.3) is 0 Å². The van der Waals surface area contributed by atoms with E-state index in [1.807, 2.05) is 7.05 Å². The van der Waals surface area contributed by atoms with Crippen LogP contribution in [0, 0.1) is 18.7 Å². The van der Waals surface area contributed by atoms with Crippen LogP contribution >= 0.6 is 0 Å². The molecule has 0 unspecified atom stereocenters. The van der Waals surface area contributed by atoms with Gasteiger partial charge in [0.05, 0.1) is 5.69 Å². The van der Waals surface area contributed by atoms with E-state index >= 15 is 0 Å². The fourth-order valence-electron chi connectivity index (χ4n) is 2.59. The zero-order chi connectivity index (χ0) is 15.5. The predicted molar refractivity (Wildman–Crippen MR) is 81.9 cm³/mol. The van der Waals surface area contributed by atoms with Crippen molar-refractivity contribution in [1.82, 2.24) is 9.62 Å². The maximum Gasteiger partial charge on any atom is 0.301 e. The van der Waals surface area contributed by atoms with E-state index in [-0.39, 0.29) is 5.82 Å². The molecule has 1 aliphatic heterocycles. The maximum atomic E-state index is 13.1. The van der Waals surface area contributed by atoms with Gasteiger partial charge in [0.25, 0.3) is 0 Å². The summed E-state index contributed by atoms with van der Waals surface area (Å²) in [5.41, 5.74) is 0.998. The van der Waals surface area contributed by atoms with E-state index in [1.54, 1.807) is 6.92 Å². The number of hydrogen-bond acceptors (Lipinski definition) is 3. The molecule has 2 N–H and O–H groups in total. The second-order valence-corrected chi connectivity index (χ2v) is 7.14. The Bertz CT molecular complexity index is 584. The van der Waals surface area contributed by atoms with Gasteiger partial charge in [-0.3, -0.25) is 4.72 Å². The molecule has 1 aromatic rings. The van der Waals surface area contributed by atoms with E-state index in [9.17, 15) is 12.8 Å². The van der Waals surface area contributed by atoms with Gasteiger partial charge in [0.15, 0.2) is 0 Å². The normalized spacial score (nSPS) is 17.9. The smallest absolute Gasteiger partial charge is 0.301 e. The summed E-state index contributed by atoms with van der Waals surface area (Å²) in [6, 6.07) is 4.02. The van der Waals surface area contributed by atoms with Crippen LogP contribution in [0.5, 0.6) is 0 Å². The van der Waals surface area contributed by atoms with E-state index in [1.165, 1.54) is 22.5 Å². The highest BCUT2D eigenvalue weighted by Crippen LogP contribution is 2.22. The van der Waals surface area contributed by atoms with Gasteiger partial charge in [-0.15, -0.1) is 0 Å². The number of nitrogens with zero attached hydrogens (tertiary/aromatic N) is 1. The van der Waals surface area contributed by atoms with Gasteiger partial charge in [-0.25, -0.2) is 4.39 Å². The third kappa shape index (κ3) is 4.15. The molecule has 1 aliphatic rings. The van der Waals surface area contributed by atoms with E-state index in [0.717, 1.165) is 19.4 Å². The molecule has 1 aromatic carbocycles. The molecular weight excluding hydrogens is 293 g/mol. The molecule has 0 aliphatic carbocycles. The average molecular weight is 315 g/mol. The highest BCUT2D eigenvalue weighted by molar-refractivity contribution is 7.90. The van der Waals surface area contributed by atoms with E-state index in [4.69, 9.17) is 0 Å². The van der Waals surface area contributed by atoms with Crippen LogP contribution in [0.2, 0.25) is 0 Å². The van der Waals surface area contributed by atoms with Crippen molar-refractivity contribution in [2.45, 2.75) is 19.8 Å². The van der Waals surface area contributed by atoms with Gasteiger partial charge in [0.2, 0.25) is 0 Å². The molecule has 1 heterocycles. The summed E-state index contributed by atoms with van der Waals surface area (Å²) in [5, 5.41) is 3.12. The standard InChI is InChI=1S/C14H22FN3O2S/c1-11-9-13(15)3-4-14(11)17-21(19,20)18-7-5-12(6-8-18)10-16-2/h3-4,9,12,16-17H,5-8,10H2,1-2H3. The molecule has 118 valence electrons. The molecule has 5 nitrogen and oxygen atoms in total. The second-order valence-electron chi connectivity index (χ2n) is 5.47. The Kier molecular flexibility index (Phi) is 5.18. The SMILES string of the molecule is CNCC1CCN(S(=O)(=O)Nc2ccc(F)cc2C)CC1. The first-order valence-corrected chi connectivity index (χ1v) is 8.55. The lowest BCUT2D eigenvalue weighted by Crippen LogP contribution is -2.43. The number of halogens is 1. The molecule has 0 aromatic heterocycles. The third-order valence-electron chi connectivity index (χ3n) is 3.83. The highest BCUT2D eigenvalue weighted by Gasteiger charge is 2.27. The third-order valence-corrected chi connectivity index (χ3v) is 5.36. The van der Waals surface area contributed by atoms with Crippen molar-refractivity contribution in [3.05, 3.63) is 29.6 Å². The van der Waals surface area contributed by atoms with Gasteiger partial charge in [-0.2, -0.15) is 12.7 Å². The number of anilines is 1. The van der Waals surface area contributed by atoms with Gasteiger partial charge >= 0.3 is 10.2 Å². The zero-order valence-corrected chi connectivity index (χ0v) is 13.2. The Labute approximate surface area is 125 Å². The Balaban J connectivity index is 2.02. The van der Waals surface area contributed by atoms with Gasteiger partial charge in [0.1, 0.15) is 5.82 Å². The Morgan fingerprint density at radius 3 is 2.57 bits per heavy atom. The van der Waals surface area contributed by atoms with Crippen LogP contribution in [0.4, 0.5) is 10.1 Å². The Morgan fingerprint density at radius 1 is 1.33 bits per heavy atom. The van der Waals surface area contributed by atoms with Crippen LogP contribution in [-0.4, -0.2) is 39.4 Å². The van der Waals surface area contributed by atoms with Crippen LogP contribution in [0.1, 0.15) is 18.4 Å². The lowest BCUT2D eigenvalue weighted by molar-refractivity contribution is 0.272. The summed E-state index contributed by atoms with van der Waals surface area (Å²) < 4.78 is 41.8. The van der Waals surface area contributed by atoms with Crippen LogP contribution in [0.15, 0.2) is 18.2 Å². The first-order valence-electron chi connectivity index (χ1n) is 7.11. The lowest BCUT2D eigenvalue weighted by Gasteiger charge is -2.31. The van der Waals surface area contributed by atoms with Crippen molar-refractivity contribution >= 4 is 15.9 Å². The average Bonchev–Trinajstić information content (AvgIpc) is 2.43. The highest BCUT2D eigenvalue weighted by atomic mass is 32.2. The van der Waals surface area contributed by atoms with Crippen LogP contribution in [-0.2, 0) is 10.2 Å². The number of benzene rings is 1. The minimum absolute atomic E-state index is 0.372. The van der Waals surface area contributed by atoms with Gasteiger partial charge < -0.3 is 5.32 Å². The topological polar surface area (TPSA) is 61.4 Å². The molecule has 0 atom stereocenters. The minimum Gasteiger partial charge on any atom is -0.319 e. The minimum atomic E-state index is -3.57. The van der Waals surface area contributed by atoms with Gasteiger partial charge in [-0.1, -0.05) is 0 Å². The number of rotatable bonds is 5. The summed E-state index contributed by atoms with van der Waals surface area (Å²) >= 11 is 0. The molecule has 2 rings (SSSR count). The molecule has 1 fully saturated rings. The monoisotopic (exact) mass is 315 g/mol. The predicted octanol–water partition coefficient (Wildman–Crippen LogP) is 1.72. The van der Waals surface area contributed by atoms with Crippen LogP contribution in [0.3, 0.4) is 0 Å². The number of nitrogens with one attached hydrogen (secondary N) is 2. The van der Waals surface area contributed by atoms with E-state index < -0.39 is 10.2 Å². The lowest BCUT2D eigenvalue weighted by atomic mass is 9.98. The summed E-state index contributed by atoms with van der Waals surface area (Å²) in [6.07, 6.45) is 1.70. The first kappa shape index (κ1) is 16.2. The fourth-order valence-corrected chi connectivity index (χ4v) is 3.92. The number of piperidine rings is 1. The summed E-state index contributed by atoms with van der Waals surface area (Å²) in [6.45, 7) is 3.63. The van der Waals surface area contributed by atoms with E-state index in [2.05, 4.69) is 10.0 Å². The largest absolute Gasteiger partial charge is 0.319 e. The number of aryl methyl sites for hydroxylation is 1. The fraction of sp³-hybridized carbons (Fsp3) is 0.571. The summed E-state index contributed by atoms with van der Waals surface area (Å²) in [4.78, 5) is 0. The molecule has 0 spiro atoms. The molecule has 0 amide bonds. The van der Waals surface area contributed by atoms with Crippen molar-refractivity contribution < 1.29 is 12.8 Å². The van der Waals surface area contributed by atoms with Crippen LogP contribution < -0.4 is 10.0 Å². The first-order chi connectivity index (χ1) is 9.92. The van der Waals surface area contributed by atoms with Crippen molar-refractivity contribution in [2.75, 3.05) is 31.4 Å². The Hall–Kier alpha value is -1.18. The summed E-state index contributed by atoms with van der Waals surface area (Å²) in [5.74, 6) is 0.150. The van der Waals surface area contributed by atoms with Crippen molar-refractivity contribution in [3.8, 4) is 0 Å². The molecule has 0 bridgehead atoms. The second kappa shape index (κ2) is 6.72. The Morgan fingerprint density at radius 2 is 2.00 bits per heavy atom. The van der Waals surface area contributed by atoms with Gasteiger partial charge in [-0.05, 0) is 63.0 Å². The molecule has 21 heavy (non-hydrogen) atoms. The van der Waals surface area contributed by atoms with Gasteiger partial charge in [0, 0.05) is 13.1 Å². The molecule has 0 saturated carbocycles. The van der Waals surface area contributed by atoms with Crippen molar-refractivity contribution in [3.63, 3.8) is 0 Å². The molecule has 7 heteroatoms. The van der Waals surface area contributed by atoms with Crippen molar-refractivity contribution in [2.24, 2.45) is 5.92 Å². The quantitative estimate of drug-likeness (QED) is 0.870. The van der Waals surface area contributed by atoms with E-state index in [0.29, 0.717) is 30.3 Å². The summed E-state index contributed by atoms with van der Waals surface area (Å²) in [7, 11) is -1.66. The zero-order valence-electron chi connectivity index (χ0n) is 12.4. The number of hydrogen-bond donors (Lipinski definition) is 2. The van der Waals surface area contributed by atoms with Crippen molar-refractivity contribution in [1.29, 1.82) is 0 Å².